The molecule has 1 aromatic carbocycles. The molecule has 0 spiro atoms. The molecule has 1 rings (SSSR count). The molecule has 3 N–H and O–H groups in total. The molecule has 3 nitrogen and oxygen atoms in total. The number of aliphatic hydroxyl groups is 1. The van der Waals surface area contributed by atoms with E-state index in [1.165, 1.54) is 0 Å². The molecule has 12 heavy (non-hydrogen) atoms. The smallest absolute Gasteiger partial charge is 0.117 e. The summed E-state index contributed by atoms with van der Waals surface area (Å²) >= 11 is 0. The van der Waals surface area contributed by atoms with Crippen molar-refractivity contribution in [2.45, 2.75) is 0 Å². The van der Waals surface area contributed by atoms with Crippen LogP contribution in [0.2, 0.25) is 0 Å². The van der Waals surface area contributed by atoms with Crippen molar-refractivity contribution in [3.63, 3.8) is 0 Å². The lowest BCUT2D eigenvalue weighted by atomic mass is 10.1. The highest BCUT2D eigenvalue weighted by Crippen LogP contribution is 2.25. The lowest BCUT2D eigenvalue weighted by Crippen LogP contribution is -1.88. The first-order valence-electron chi connectivity index (χ1n) is 3.39. The third-order valence-electron chi connectivity index (χ3n) is 1.50. The number of benzene rings is 1. The van der Waals surface area contributed by atoms with Crippen LogP contribution in [0, 0.1) is 0 Å². The van der Waals surface area contributed by atoms with Crippen LogP contribution < -0.4 is 5.73 Å². The van der Waals surface area contributed by atoms with Crippen LogP contribution in [0.4, 0.5) is 11.4 Å². The van der Waals surface area contributed by atoms with Crippen molar-refractivity contribution in [3.8, 4) is 0 Å². The molecule has 62 valence electrons. The standard InChI is InChI=1S/C9H10N2O/c1-6(12)8-5-7(10)3-4-9(8)11-2/h3-5,12H,1-2,10H2. The maximum Gasteiger partial charge on any atom is 0.117 e. The van der Waals surface area contributed by atoms with Gasteiger partial charge < -0.3 is 10.8 Å². The number of nitrogens with zero attached hydrogens (tertiary/aromatic N) is 1. The highest BCUT2D eigenvalue weighted by molar-refractivity contribution is 5.72. The Hall–Kier alpha value is -1.77. The maximum absolute atomic E-state index is 9.12. The van der Waals surface area contributed by atoms with Crippen LogP contribution in [-0.2, 0) is 0 Å². The topological polar surface area (TPSA) is 58.6 Å². The lowest BCUT2D eigenvalue weighted by Gasteiger charge is -2.03. The number of nitrogens with two attached hydrogens (primary N) is 1. The van der Waals surface area contributed by atoms with E-state index in [1.54, 1.807) is 18.2 Å². The molecule has 1 aromatic rings. The zero-order valence-corrected chi connectivity index (χ0v) is 6.62. The van der Waals surface area contributed by atoms with Crippen molar-refractivity contribution in [2.24, 2.45) is 4.99 Å². The number of aliphatic imine (C=N–C) groups is 1. The van der Waals surface area contributed by atoms with E-state index >= 15 is 0 Å². The lowest BCUT2D eigenvalue weighted by molar-refractivity contribution is 0.514. The second-order valence-corrected chi connectivity index (χ2v) is 2.38. The average molecular weight is 162 g/mol. The maximum atomic E-state index is 9.12. The normalized spacial score (nSPS) is 9.33. The number of nitrogen functional groups attached to an aromatic ring is 1. The van der Waals surface area contributed by atoms with E-state index in [1.807, 2.05) is 0 Å². The third-order valence-corrected chi connectivity index (χ3v) is 1.50. The molecular formula is C9H10N2O. The van der Waals surface area contributed by atoms with Crippen LogP contribution in [0.3, 0.4) is 0 Å². The van der Waals surface area contributed by atoms with Crippen LogP contribution >= 0.6 is 0 Å². The number of rotatable bonds is 2. The summed E-state index contributed by atoms with van der Waals surface area (Å²) in [6.45, 7) is 6.75. The van der Waals surface area contributed by atoms with Gasteiger partial charge in [0.2, 0.25) is 0 Å². The van der Waals surface area contributed by atoms with Gasteiger partial charge in [0.05, 0.1) is 5.69 Å². The van der Waals surface area contributed by atoms with Crippen molar-refractivity contribution in [1.29, 1.82) is 0 Å². The minimum atomic E-state index is -0.0512. The molecule has 0 unspecified atom stereocenters. The molecule has 0 saturated heterocycles. The summed E-state index contributed by atoms with van der Waals surface area (Å²) in [4.78, 5) is 3.71. The van der Waals surface area contributed by atoms with Crippen molar-refractivity contribution in [1.82, 2.24) is 0 Å². The van der Waals surface area contributed by atoms with Crippen molar-refractivity contribution in [2.75, 3.05) is 5.73 Å². The fourth-order valence-electron chi connectivity index (χ4n) is 0.923. The monoisotopic (exact) mass is 162 g/mol. The van der Waals surface area contributed by atoms with E-state index in [0.29, 0.717) is 16.9 Å². The van der Waals surface area contributed by atoms with E-state index < -0.39 is 0 Å². The van der Waals surface area contributed by atoms with Crippen molar-refractivity contribution < 1.29 is 5.11 Å². The Morgan fingerprint density at radius 1 is 1.50 bits per heavy atom. The fourth-order valence-corrected chi connectivity index (χ4v) is 0.923. The van der Waals surface area contributed by atoms with Crippen LogP contribution in [0.25, 0.3) is 5.76 Å². The summed E-state index contributed by atoms with van der Waals surface area (Å²) in [5.74, 6) is -0.0512. The second kappa shape index (κ2) is 3.09. The fraction of sp³-hybridized carbons (Fsp3) is 0. The van der Waals surface area contributed by atoms with Crippen LogP contribution in [0.15, 0.2) is 29.8 Å². The molecule has 0 fully saturated rings. The van der Waals surface area contributed by atoms with Crippen molar-refractivity contribution in [3.05, 3.63) is 30.3 Å². The Balaban J connectivity index is 3.30. The number of hydrogen-bond acceptors (Lipinski definition) is 3. The second-order valence-electron chi connectivity index (χ2n) is 2.38. The Morgan fingerprint density at radius 3 is 2.67 bits per heavy atom. The Bertz CT molecular complexity index is 331. The van der Waals surface area contributed by atoms with E-state index in [9.17, 15) is 0 Å². The summed E-state index contributed by atoms with van der Waals surface area (Å²) in [6.07, 6.45) is 0. The molecular weight excluding hydrogens is 152 g/mol. The zero-order chi connectivity index (χ0) is 9.14. The highest BCUT2D eigenvalue weighted by atomic mass is 16.3. The van der Waals surface area contributed by atoms with Gasteiger partial charge in [-0.25, -0.2) is 0 Å². The molecule has 3 heteroatoms. The van der Waals surface area contributed by atoms with Gasteiger partial charge in [-0.05, 0) is 24.9 Å². The van der Waals surface area contributed by atoms with Gasteiger partial charge in [-0.2, -0.15) is 0 Å². The minimum absolute atomic E-state index is 0.0512. The van der Waals surface area contributed by atoms with Gasteiger partial charge in [0.15, 0.2) is 0 Å². The predicted molar refractivity (Wildman–Crippen MR) is 51.7 cm³/mol. The van der Waals surface area contributed by atoms with Crippen LogP contribution in [-0.4, -0.2) is 11.8 Å². The minimum Gasteiger partial charge on any atom is -0.508 e. The van der Waals surface area contributed by atoms with Gasteiger partial charge in [-0.15, -0.1) is 0 Å². The Kier molecular flexibility index (Phi) is 2.14. The van der Waals surface area contributed by atoms with Gasteiger partial charge in [0, 0.05) is 11.3 Å². The van der Waals surface area contributed by atoms with Gasteiger partial charge in [0.25, 0.3) is 0 Å². The van der Waals surface area contributed by atoms with E-state index in [-0.39, 0.29) is 5.76 Å². The first-order chi connectivity index (χ1) is 5.65. The van der Waals surface area contributed by atoms with Crippen LogP contribution in [0.1, 0.15) is 5.56 Å². The zero-order valence-electron chi connectivity index (χ0n) is 6.62. The molecule has 0 aromatic heterocycles. The largest absolute Gasteiger partial charge is 0.508 e. The van der Waals surface area contributed by atoms with Gasteiger partial charge >= 0.3 is 0 Å². The molecule has 0 radical (unpaired) electrons. The summed E-state index contributed by atoms with van der Waals surface area (Å²) < 4.78 is 0. The first-order valence-corrected chi connectivity index (χ1v) is 3.39. The third kappa shape index (κ3) is 1.45. The van der Waals surface area contributed by atoms with E-state index in [4.69, 9.17) is 10.8 Å². The van der Waals surface area contributed by atoms with Gasteiger partial charge in [0.1, 0.15) is 5.76 Å². The molecule has 0 atom stereocenters. The molecule has 0 saturated carbocycles. The number of hydrogen-bond donors (Lipinski definition) is 2. The molecule has 0 bridgehead atoms. The molecule has 0 aliphatic rings. The van der Waals surface area contributed by atoms with Gasteiger partial charge in [-0.3, -0.25) is 4.99 Å². The Labute approximate surface area is 70.9 Å². The SMILES string of the molecule is C=Nc1ccc(N)cc1C(=C)O. The summed E-state index contributed by atoms with van der Waals surface area (Å²) in [5, 5.41) is 9.12. The molecule has 0 aliphatic carbocycles. The van der Waals surface area contributed by atoms with Crippen molar-refractivity contribution >= 4 is 23.9 Å². The molecule has 0 aliphatic heterocycles. The summed E-state index contributed by atoms with van der Waals surface area (Å²) in [7, 11) is 0. The van der Waals surface area contributed by atoms with Crippen LogP contribution in [0.5, 0.6) is 0 Å². The Morgan fingerprint density at radius 2 is 2.17 bits per heavy atom. The van der Waals surface area contributed by atoms with Gasteiger partial charge in [-0.1, -0.05) is 6.58 Å². The van der Waals surface area contributed by atoms with E-state index in [0.717, 1.165) is 0 Å². The van der Waals surface area contributed by atoms with E-state index in [2.05, 4.69) is 18.3 Å². The predicted octanol–water partition coefficient (Wildman–Crippen LogP) is 2.13. The summed E-state index contributed by atoms with van der Waals surface area (Å²) in [5.41, 5.74) is 7.17. The molecule has 0 amide bonds. The quantitative estimate of drug-likeness (QED) is 0.397. The molecule has 0 heterocycles. The number of anilines is 1. The number of aliphatic hydroxyl groups excluding tert-OH is 1. The average Bonchev–Trinajstić information content (AvgIpc) is 2.04. The highest BCUT2D eigenvalue weighted by Gasteiger charge is 2.02. The summed E-state index contributed by atoms with van der Waals surface area (Å²) in [6, 6.07) is 4.97. The first kappa shape index (κ1) is 8.33.